The summed E-state index contributed by atoms with van der Waals surface area (Å²) < 4.78 is 5.47. The summed E-state index contributed by atoms with van der Waals surface area (Å²) in [4.78, 5) is 24.5. The van der Waals surface area contributed by atoms with Crippen LogP contribution in [0.2, 0.25) is 0 Å². The van der Waals surface area contributed by atoms with E-state index in [1.54, 1.807) is 0 Å². The molecule has 2 unspecified atom stereocenters. The Morgan fingerprint density at radius 1 is 0.409 bits per heavy atom. The van der Waals surface area contributed by atoms with Crippen LogP contribution < -0.4 is 5.32 Å². The van der Waals surface area contributed by atoms with Crippen molar-refractivity contribution in [3.05, 3.63) is 12.2 Å². The number of aliphatic hydroxyl groups excluding tert-OH is 2. The third-order valence-corrected chi connectivity index (χ3v) is 14.1. The fraction of sp³-hybridized carbons (Fsp3) is 0.933. The standard InChI is InChI=1S/C60H117NO5/c1-3-5-7-9-11-13-15-17-18-22-25-29-32-36-40-44-48-52-58(63)57(56-62)61-59(64)53-49-45-41-37-33-30-26-23-20-19-21-24-27-31-35-39-43-47-51-55-66-60(65)54-50-46-42-38-34-28-16-14-12-10-8-6-4-2/h14,16,57-58,62-63H,3-13,15,17-56H2,1-2H3,(H,61,64)/b16-14-. The summed E-state index contributed by atoms with van der Waals surface area (Å²) in [6.07, 6.45) is 66.3. The Morgan fingerprint density at radius 3 is 1.09 bits per heavy atom. The molecular formula is C60H117NO5. The summed E-state index contributed by atoms with van der Waals surface area (Å²) in [5.74, 6) is -0.0346. The molecule has 3 N–H and O–H groups in total. The first kappa shape index (κ1) is 64.6. The molecule has 0 bridgehead atoms. The quantitative estimate of drug-likeness (QED) is 0.0321. The van der Waals surface area contributed by atoms with E-state index in [-0.39, 0.29) is 18.5 Å². The smallest absolute Gasteiger partial charge is 0.305 e. The normalized spacial score (nSPS) is 12.6. The Bertz CT molecular complexity index is 986. The molecule has 0 rings (SSSR count). The number of nitrogens with one attached hydrogen (secondary N) is 1. The number of unbranched alkanes of at least 4 members (excludes halogenated alkanes) is 43. The zero-order chi connectivity index (χ0) is 47.9. The molecule has 0 saturated heterocycles. The van der Waals surface area contributed by atoms with Gasteiger partial charge >= 0.3 is 5.97 Å². The maximum atomic E-state index is 12.5. The van der Waals surface area contributed by atoms with Gasteiger partial charge in [0.25, 0.3) is 0 Å². The number of carbonyl (C=O) groups is 2. The predicted octanol–water partition coefficient (Wildman–Crippen LogP) is 18.5. The molecule has 0 spiro atoms. The second-order valence-corrected chi connectivity index (χ2v) is 20.7. The van der Waals surface area contributed by atoms with Gasteiger partial charge in [0, 0.05) is 12.8 Å². The fourth-order valence-corrected chi connectivity index (χ4v) is 9.46. The SMILES string of the molecule is CCCCCC/C=C\CCCCCCCC(=O)OCCCCCCCCCCCCCCCCCCCCCC(=O)NC(CO)C(O)CCCCCCCCCCCCCCCCCCC. The first-order valence-corrected chi connectivity index (χ1v) is 29.9. The van der Waals surface area contributed by atoms with Crippen LogP contribution in [0.15, 0.2) is 12.2 Å². The third kappa shape index (κ3) is 52.0. The maximum absolute atomic E-state index is 12.5. The van der Waals surface area contributed by atoms with Gasteiger partial charge in [-0.15, -0.1) is 0 Å². The summed E-state index contributed by atoms with van der Waals surface area (Å²) in [6.45, 7) is 4.95. The number of amides is 1. The summed E-state index contributed by atoms with van der Waals surface area (Å²) in [6, 6.07) is -0.543. The van der Waals surface area contributed by atoms with E-state index >= 15 is 0 Å². The van der Waals surface area contributed by atoms with Crippen LogP contribution in [0.25, 0.3) is 0 Å². The molecule has 0 radical (unpaired) electrons. The number of carbonyl (C=O) groups excluding carboxylic acids is 2. The minimum Gasteiger partial charge on any atom is -0.466 e. The van der Waals surface area contributed by atoms with Crippen LogP contribution in [0.3, 0.4) is 0 Å². The van der Waals surface area contributed by atoms with Crippen molar-refractivity contribution in [3.8, 4) is 0 Å². The molecule has 66 heavy (non-hydrogen) atoms. The largest absolute Gasteiger partial charge is 0.466 e. The molecule has 0 aromatic heterocycles. The summed E-state index contributed by atoms with van der Waals surface area (Å²) in [5, 5.41) is 23.3. The van der Waals surface area contributed by atoms with Gasteiger partial charge in [-0.3, -0.25) is 9.59 Å². The lowest BCUT2D eigenvalue weighted by Crippen LogP contribution is -2.45. The Balaban J connectivity index is 3.40. The Labute approximate surface area is 412 Å². The molecule has 2 atom stereocenters. The van der Waals surface area contributed by atoms with E-state index in [2.05, 4.69) is 31.3 Å². The van der Waals surface area contributed by atoms with Gasteiger partial charge in [-0.05, 0) is 51.4 Å². The number of aliphatic hydroxyl groups is 2. The molecule has 0 aliphatic rings. The number of esters is 1. The molecule has 0 aliphatic heterocycles. The van der Waals surface area contributed by atoms with E-state index in [0.717, 1.165) is 44.9 Å². The lowest BCUT2D eigenvalue weighted by molar-refractivity contribution is -0.143. The van der Waals surface area contributed by atoms with Gasteiger partial charge in [-0.25, -0.2) is 0 Å². The number of hydrogen-bond donors (Lipinski definition) is 3. The molecule has 0 fully saturated rings. The van der Waals surface area contributed by atoms with Crippen molar-refractivity contribution in [2.45, 2.75) is 347 Å². The van der Waals surface area contributed by atoms with Gasteiger partial charge in [-0.2, -0.15) is 0 Å². The maximum Gasteiger partial charge on any atom is 0.305 e. The predicted molar refractivity (Wildman–Crippen MR) is 287 cm³/mol. The molecule has 392 valence electrons. The topological polar surface area (TPSA) is 95.9 Å². The highest BCUT2D eigenvalue weighted by atomic mass is 16.5. The van der Waals surface area contributed by atoms with Crippen molar-refractivity contribution in [1.82, 2.24) is 5.32 Å². The van der Waals surface area contributed by atoms with E-state index < -0.39 is 12.1 Å². The minimum absolute atomic E-state index is 0.000494. The van der Waals surface area contributed by atoms with Crippen LogP contribution in [0.5, 0.6) is 0 Å². The van der Waals surface area contributed by atoms with Crippen molar-refractivity contribution >= 4 is 11.9 Å². The van der Waals surface area contributed by atoms with Crippen molar-refractivity contribution in [1.29, 1.82) is 0 Å². The first-order valence-electron chi connectivity index (χ1n) is 29.9. The van der Waals surface area contributed by atoms with E-state index in [1.165, 1.54) is 257 Å². The molecule has 1 amide bonds. The number of allylic oxidation sites excluding steroid dienone is 2. The molecule has 0 aliphatic carbocycles. The van der Waals surface area contributed by atoms with Crippen LogP contribution >= 0.6 is 0 Å². The van der Waals surface area contributed by atoms with E-state index in [9.17, 15) is 19.8 Å². The number of ether oxygens (including phenoxy) is 1. The van der Waals surface area contributed by atoms with Crippen LogP contribution in [-0.2, 0) is 14.3 Å². The number of hydrogen-bond acceptors (Lipinski definition) is 5. The Kier molecular flexibility index (Phi) is 55.0. The first-order chi connectivity index (χ1) is 32.5. The lowest BCUT2D eigenvalue weighted by atomic mass is 10.0. The van der Waals surface area contributed by atoms with Gasteiger partial charge in [-0.1, -0.05) is 283 Å². The summed E-state index contributed by atoms with van der Waals surface area (Å²) >= 11 is 0. The molecule has 0 aromatic carbocycles. The monoisotopic (exact) mass is 932 g/mol. The Morgan fingerprint density at radius 2 is 0.712 bits per heavy atom. The molecule has 0 saturated carbocycles. The third-order valence-electron chi connectivity index (χ3n) is 14.1. The highest BCUT2D eigenvalue weighted by Crippen LogP contribution is 2.18. The summed E-state index contributed by atoms with van der Waals surface area (Å²) in [5.41, 5.74) is 0. The zero-order valence-electron chi connectivity index (χ0n) is 44.7. The fourth-order valence-electron chi connectivity index (χ4n) is 9.46. The van der Waals surface area contributed by atoms with Gasteiger partial charge in [0.2, 0.25) is 5.91 Å². The number of rotatable bonds is 56. The van der Waals surface area contributed by atoms with Gasteiger partial charge in [0.1, 0.15) is 0 Å². The second kappa shape index (κ2) is 56.2. The second-order valence-electron chi connectivity index (χ2n) is 20.7. The average Bonchev–Trinajstić information content (AvgIpc) is 3.32. The van der Waals surface area contributed by atoms with Gasteiger partial charge in [0.15, 0.2) is 0 Å². The average molecular weight is 933 g/mol. The van der Waals surface area contributed by atoms with Crippen LogP contribution in [0.1, 0.15) is 335 Å². The van der Waals surface area contributed by atoms with Crippen molar-refractivity contribution in [3.63, 3.8) is 0 Å². The molecule has 6 heteroatoms. The van der Waals surface area contributed by atoms with E-state index in [4.69, 9.17) is 4.74 Å². The van der Waals surface area contributed by atoms with Crippen LogP contribution in [0, 0.1) is 0 Å². The molecule has 0 aromatic rings. The molecule has 6 nitrogen and oxygen atoms in total. The molecular weight excluding hydrogens is 815 g/mol. The Hall–Kier alpha value is -1.40. The summed E-state index contributed by atoms with van der Waals surface area (Å²) in [7, 11) is 0. The van der Waals surface area contributed by atoms with Gasteiger partial charge < -0.3 is 20.3 Å². The van der Waals surface area contributed by atoms with Crippen LogP contribution in [0.4, 0.5) is 0 Å². The van der Waals surface area contributed by atoms with Gasteiger partial charge in [0.05, 0.1) is 25.4 Å². The van der Waals surface area contributed by atoms with Crippen molar-refractivity contribution in [2.75, 3.05) is 13.2 Å². The zero-order valence-corrected chi connectivity index (χ0v) is 44.7. The minimum atomic E-state index is -0.666. The van der Waals surface area contributed by atoms with Crippen LogP contribution in [-0.4, -0.2) is 47.4 Å². The highest BCUT2D eigenvalue weighted by molar-refractivity contribution is 5.76. The lowest BCUT2D eigenvalue weighted by Gasteiger charge is -2.22. The van der Waals surface area contributed by atoms with E-state index in [0.29, 0.717) is 25.9 Å². The highest BCUT2D eigenvalue weighted by Gasteiger charge is 2.20. The van der Waals surface area contributed by atoms with Crippen molar-refractivity contribution < 1.29 is 24.5 Å². The van der Waals surface area contributed by atoms with Crippen molar-refractivity contribution in [2.24, 2.45) is 0 Å². The van der Waals surface area contributed by atoms with E-state index in [1.807, 2.05) is 0 Å². The molecule has 0 heterocycles.